The van der Waals surface area contributed by atoms with E-state index in [9.17, 15) is 30.7 Å². The minimum Gasteiger partial charge on any atom is -0.429 e. The Labute approximate surface area is 205 Å². The molecular weight excluding hydrogens is 492 g/mol. The zero-order chi connectivity index (χ0) is 26.0. The summed E-state index contributed by atoms with van der Waals surface area (Å²) in [6, 6.07) is 1.57. The molecule has 1 saturated heterocycles. The molecule has 1 heterocycles. The summed E-state index contributed by atoms with van der Waals surface area (Å²) in [6.07, 6.45) is 2.19. The van der Waals surface area contributed by atoms with Crippen LogP contribution in [0.1, 0.15) is 51.0 Å². The summed E-state index contributed by atoms with van der Waals surface area (Å²) in [5.41, 5.74) is -1.90. The van der Waals surface area contributed by atoms with E-state index in [4.69, 9.17) is 9.31 Å². The Bertz CT molecular complexity index is 1020. The Hall–Kier alpha value is -2.27. The van der Waals surface area contributed by atoms with Crippen LogP contribution in [0.4, 0.5) is 30.7 Å². The lowest BCUT2D eigenvalue weighted by atomic mass is 9.72. The first kappa shape index (κ1) is 26.8. The second kappa shape index (κ2) is 11.0. The number of hydrogen-bond donors (Lipinski definition) is 0. The Morgan fingerprint density at radius 2 is 1.39 bits per heavy atom. The van der Waals surface area contributed by atoms with Crippen molar-refractivity contribution in [2.45, 2.75) is 51.6 Å². The molecule has 3 nitrogen and oxygen atoms in total. The van der Waals surface area contributed by atoms with Crippen LogP contribution in [-0.4, -0.2) is 20.3 Å². The Kier molecular flexibility index (Phi) is 8.19. The molecule has 1 aliphatic carbocycles. The predicted octanol–water partition coefficient (Wildman–Crippen LogP) is 6.48. The lowest BCUT2D eigenvalue weighted by molar-refractivity contribution is -0.189. The largest absolute Gasteiger partial charge is 0.494 e. The molecule has 1 aliphatic heterocycles. The zero-order valence-electron chi connectivity index (χ0n) is 19.6. The molecule has 0 atom stereocenters. The van der Waals surface area contributed by atoms with E-state index in [-0.39, 0.29) is 23.5 Å². The second-order valence-corrected chi connectivity index (χ2v) is 9.51. The van der Waals surface area contributed by atoms with Crippen molar-refractivity contribution in [1.29, 1.82) is 0 Å². The Morgan fingerprint density at radius 3 is 1.92 bits per heavy atom. The standard InChI is InChI=1S/C25H26BF7O3/c1-2-3-14-4-6-15(7-5-14)16-12-34-26(35-13-16)17-8-19(27)23(20(28)9-17)25(32,33)36-18-10-21(29)24(31)22(30)11-18/h8-11,14-16H,2-7,12-13H2,1H3. The van der Waals surface area contributed by atoms with Gasteiger partial charge in [0.2, 0.25) is 0 Å². The zero-order valence-corrected chi connectivity index (χ0v) is 19.6. The van der Waals surface area contributed by atoms with Gasteiger partial charge in [-0.05, 0) is 42.3 Å². The molecule has 0 aromatic heterocycles. The van der Waals surface area contributed by atoms with Gasteiger partial charge in [0, 0.05) is 31.3 Å². The van der Waals surface area contributed by atoms with Crippen molar-refractivity contribution in [2.24, 2.45) is 17.8 Å². The molecule has 1 saturated carbocycles. The molecule has 2 aromatic rings. The first-order valence-electron chi connectivity index (χ1n) is 12.0. The van der Waals surface area contributed by atoms with Gasteiger partial charge in [-0.3, -0.25) is 0 Å². The van der Waals surface area contributed by atoms with E-state index in [0.29, 0.717) is 31.3 Å². The van der Waals surface area contributed by atoms with E-state index in [1.165, 1.54) is 12.8 Å². The minimum absolute atomic E-state index is 0.131. The molecule has 2 aromatic carbocycles. The van der Waals surface area contributed by atoms with E-state index in [2.05, 4.69) is 11.7 Å². The van der Waals surface area contributed by atoms with Crippen LogP contribution in [0.15, 0.2) is 24.3 Å². The van der Waals surface area contributed by atoms with Crippen molar-refractivity contribution in [3.8, 4) is 5.75 Å². The number of halogens is 7. The van der Waals surface area contributed by atoms with E-state index < -0.39 is 53.6 Å². The summed E-state index contributed by atoms with van der Waals surface area (Å²) in [4.78, 5) is 0. The molecule has 0 amide bonds. The van der Waals surface area contributed by atoms with Gasteiger partial charge in [0.15, 0.2) is 17.5 Å². The highest BCUT2D eigenvalue weighted by Crippen LogP contribution is 2.38. The fourth-order valence-electron chi connectivity index (χ4n) is 5.14. The van der Waals surface area contributed by atoms with Crippen LogP contribution < -0.4 is 10.2 Å². The second-order valence-electron chi connectivity index (χ2n) is 9.51. The molecule has 4 rings (SSSR count). The van der Waals surface area contributed by atoms with Crippen LogP contribution in [0.3, 0.4) is 0 Å². The number of ether oxygens (including phenoxy) is 1. The monoisotopic (exact) mass is 518 g/mol. The number of alkyl halides is 2. The molecule has 196 valence electrons. The van der Waals surface area contributed by atoms with E-state index in [0.717, 1.165) is 31.6 Å². The fraction of sp³-hybridized carbons (Fsp3) is 0.520. The summed E-state index contributed by atoms with van der Waals surface area (Å²) >= 11 is 0. The van der Waals surface area contributed by atoms with E-state index in [1.807, 2.05) is 0 Å². The predicted molar refractivity (Wildman–Crippen MR) is 118 cm³/mol. The third-order valence-electron chi connectivity index (χ3n) is 7.01. The SMILES string of the molecule is CCCC1CCC(C2COB(c3cc(F)c(C(F)(F)Oc4cc(F)c(F)c(F)c4)c(F)c3)OC2)CC1. The molecule has 0 radical (unpaired) electrons. The molecule has 36 heavy (non-hydrogen) atoms. The molecule has 0 spiro atoms. The third kappa shape index (κ3) is 5.83. The topological polar surface area (TPSA) is 27.7 Å². The van der Waals surface area contributed by atoms with Crippen LogP contribution in [0.2, 0.25) is 0 Å². The number of rotatable bonds is 7. The highest BCUT2D eigenvalue weighted by molar-refractivity contribution is 6.61. The van der Waals surface area contributed by atoms with Gasteiger partial charge in [0.1, 0.15) is 22.9 Å². The van der Waals surface area contributed by atoms with Gasteiger partial charge in [0.25, 0.3) is 0 Å². The summed E-state index contributed by atoms with van der Waals surface area (Å²) in [5.74, 6) is -8.63. The van der Waals surface area contributed by atoms with Crippen LogP contribution in [0, 0.1) is 46.8 Å². The van der Waals surface area contributed by atoms with Crippen molar-refractivity contribution in [3.05, 3.63) is 58.9 Å². The quantitative estimate of drug-likeness (QED) is 0.239. The summed E-state index contributed by atoms with van der Waals surface area (Å²) in [7, 11) is -1.13. The summed E-state index contributed by atoms with van der Waals surface area (Å²) in [6.45, 7) is 2.81. The molecule has 0 unspecified atom stereocenters. The van der Waals surface area contributed by atoms with E-state index >= 15 is 0 Å². The van der Waals surface area contributed by atoms with Crippen LogP contribution in [-0.2, 0) is 15.4 Å². The maximum absolute atomic E-state index is 14.6. The average Bonchev–Trinajstić information content (AvgIpc) is 2.82. The highest BCUT2D eigenvalue weighted by atomic mass is 19.3. The Morgan fingerprint density at radius 1 is 0.833 bits per heavy atom. The Balaban J connectivity index is 1.42. The van der Waals surface area contributed by atoms with Gasteiger partial charge in [-0.15, -0.1) is 0 Å². The van der Waals surface area contributed by atoms with Gasteiger partial charge < -0.3 is 14.0 Å². The fourth-order valence-corrected chi connectivity index (χ4v) is 5.14. The van der Waals surface area contributed by atoms with Crippen molar-refractivity contribution < 1.29 is 44.8 Å². The van der Waals surface area contributed by atoms with Crippen molar-refractivity contribution in [2.75, 3.05) is 13.2 Å². The van der Waals surface area contributed by atoms with Crippen molar-refractivity contribution >= 4 is 12.6 Å². The maximum atomic E-state index is 14.6. The van der Waals surface area contributed by atoms with Gasteiger partial charge in [-0.25, -0.2) is 22.0 Å². The molecule has 2 aliphatic rings. The van der Waals surface area contributed by atoms with Gasteiger partial charge in [0.05, 0.1) is 0 Å². The third-order valence-corrected chi connectivity index (χ3v) is 7.01. The molecule has 2 fully saturated rings. The molecule has 0 bridgehead atoms. The van der Waals surface area contributed by atoms with E-state index in [1.54, 1.807) is 0 Å². The maximum Gasteiger partial charge on any atom is 0.494 e. The van der Waals surface area contributed by atoms with Crippen LogP contribution >= 0.6 is 0 Å². The highest BCUT2D eigenvalue weighted by Gasteiger charge is 2.43. The summed E-state index contributed by atoms with van der Waals surface area (Å²) < 4.78 is 114. The van der Waals surface area contributed by atoms with Gasteiger partial charge in [-0.2, -0.15) is 8.78 Å². The lowest BCUT2D eigenvalue weighted by Gasteiger charge is -2.37. The smallest absolute Gasteiger partial charge is 0.429 e. The minimum atomic E-state index is -4.65. The molecule has 11 heteroatoms. The average molecular weight is 518 g/mol. The van der Waals surface area contributed by atoms with Crippen molar-refractivity contribution in [1.82, 2.24) is 0 Å². The van der Waals surface area contributed by atoms with Gasteiger partial charge in [-0.1, -0.05) is 32.6 Å². The number of hydrogen-bond acceptors (Lipinski definition) is 3. The first-order chi connectivity index (χ1) is 17.1. The van der Waals surface area contributed by atoms with Crippen LogP contribution in [0.25, 0.3) is 0 Å². The van der Waals surface area contributed by atoms with Crippen molar-refractivity contribution in [3.63, 3.8) is 0 Å². The molecular formula is C25H26BF7O3. The normalized spacial score (nSPS) is 21.6. The first-order valence-corrected chi connectivity index (χ1v) is 12.0. The lowest BCUT2D eigenvalue weighted by Crippen LogP contribution is -2.47. The number of benzene rings is 2. The molecule has 0 N–H and O–H groups in total. The van der Waals surface area contributed by atoms with Crippen LogP contribution in [0.5, 0.6) is 5.75 Å². The van der Waals surface area contributed by atoms with Gasteiger partial charge >= 0.3 is 13.2 Å². The summed E-state index contributed by atoms with van der Waals surface area (Å²) in [5, 5.41) is 0.